The summed E-state index contributed by atoms with van der Waals surface area (Å²) in [5.74, 6) is 0.730. The maximum absolute atomic E-state index is 5.74. The van der Waals surface area contributed by atoms with Gasteiger partial charge in [-0.3, -0.25) is 4.90 Å². The molecule has 0 atom stereocenters. The lowest BCUT2D eigenvalue weighted by Crippen LogP contribution is -2.39. The zero-order valence-corrected chi connectivity index (χ0v) is 13.3. The van der Waals surface area contributed by atoms with E-state index in [1.165, 1.54) is 5.56 Å². The number of ether oxygens (including phenoxy) is 1. The van der Waals surface area contributed by atoms with Crippen molar-refractivity contribution in [2.45, 2.75) is 39.3 Å². The molecule has 0 saturated carbocycles. The largest absolute Gasteiger partial charge is 0.496 e. The number of methoxy groups -OCH3 is 1. The molecule has 0 aliphatic heterocycles. The number of rotatable bonds is 6. The van der Waals surface area contributed by atoms with E-state index in [1.54, 1.807) is 7.11 Å². The highest BCUT2D eigenvalue weighted by Gasteiger charge is 2.21. The highest BCUT2D eigenvalue weighted by atomic mass is 32.1. The van der Waals surface area contributed by atoms with Crippen molar-refractivity contribution in [3.05, 3.63) is 29.3 Å². The van der Waals surface area contributed by atoms with Gasteiger partial charge in [-0.05, 0) is 45.0 Å². The molecule has 0 bridgehead atoms. The summed E-state index contributed by atoms with van der Waals surface area (Å²) in [6.45, 7) is 7.54. The Morgan fingerprint density at radius 3 is 2.53 bits per heavy atom. The number of thiocarbonyl (C=S) groups is 1. The lowest BCUT2D eigenvalue weighted by Gasteiger charge is -2.35. The maximum atomic E-state index is 5.74. The molecule has 0 saturated heterocycles. The fraction of sp³-hybridized carbons (Fsp3) is 0.533. The normalized spacial score (nSPS) is 11.7. The minimum Gasteiger partial charge on any atom is -0.496 e. The van der Waals surface area contributed by atoms with Crippen LogP contribution in [0.1, 0.15) is 38.3 Å². The molecule has 0 unspecified atom stereocenters. The standard InChI is InChI=1S/C15H24N2OS/c1-6-15(2,3)17(4)10-11-7-8-13(18-5)12(9-11)14(16)19/h7-9H,6,10H2,1-5H3,(H2,16,19). The SMILES string of the molecule is CCC(C)(C)N(C)Cc1ccc(OC)c(C(N)=S)c1. The van der Waals surface area contributed by atoms with Crippen LogP contribution in [0, 0.1) is 0 Å². The van der Waals surface area contributed by atoms with Crippen molar-refractivity contribution in [3.8, 4) is 5.75 Å². The number of nitrogens with two attached hydrogens (primary N) is 1. The van der Waals surface area contributed by atoms with E-state index in [4.69, 9.17) is 22.7 Å². The fourth-order valence-corrected chi connectivity index (χ4v) is 1.96. The van der Waals surface area contributed by atoms with Gasteiger partial charge in [-0.25, -0.2) is 0 Å². The van der Waals surface area contributed by atoms with Gasteiger partial charge in [-0.2, -0.15) is 0 Å². The summed E-state index contributed by atoms with van der Waals surface area (Å²) < 4.78 is 5.27. The van der Waals surface area contributed by atoms with E-state index < -0.39 is 0 Å². The molecule has 0 aromatic heterocycles. The molecule has 1 aromatic rings. The first-order valence-electron chi connectivity index (χ1n) is 6.49. The Morgan fingerprint density at radius 2 is 2.05 bits per heavy atom. The zero-order valence-electron chi connectivity index (χ0n) is 12.5. The lowest BCUT2D eigenvalue weighted by molar-refractivity contribution is 0.143. The third-order valence-corrected chi connectivity index (χ3v) is 4.07. The van der Waals surface area contributed by atoms with Gasteiger partial charge in [0.25, 0.3) is 0 Å². The second-order valence-electron chi connectivity index (χ2n) is 5.42. The minimum atomic E-state index is 0.170. The predicted molar refractivity (Wildman–Crippen MR) is 84.7 cm³/mol. The molecule has 1 rings (SSSR count). The molecular weight excluding hydrogens is 256 g/mol. The van der Waals surface area contributed by atoms with Gasteiger partial charge >= 0.3 is 0 Å². The van der Waals surface area contributed by atoms with Crippen LogP contribution in [0.25, 0.3) is 0 Å². The van der Waals surface area contributed by atoms with Crippen molar-refractivity contribution in [2.24, 2.45) is 5.73 Å². The summed E-state index contributed by atoms with van der Waals surface area (Å²) in [5, 5.41) is 0. The zero-order chi connectivity index (χ0) is 14.6. The number of hydrogen-bond acceptors (Lipinski definition) is 3. The summed E-state index contributed by atoms with van der Waals surface area (Å²) >= 11 is 5.07. The predicted octanol–water partition coefficient (Wildman–Crippen LogP) is 2.95. The summed E-state index contributed by atoms with van der Waals surface area (Å²) in [6, 6.07) is 6.00. The third kappa shape index (κ3) is 3.91. The molecule has 3 nitrogen and oxygen atoms in total. The summed E-state index contributed by atoms with van der Waals surface area (Å²) in [6.07, 6.45) is 1.10. The Bertz CT molecular complexity index is 457. The van der Waals surface area contributed by atoms with Gasteiger partial charge in [-0.1, -0.05) is 25.2 Å². The van der Waals surface area contributed by atoms with Crippen LogP contribution >= 0.6 is 12.2 Å². The first kappa shape index (κ1) is 15.9. The Balaban J connectivity index is 2.97. The lowest BCUT2D eigenvalue weighted by atomic mass is 9.99. The highest BCUT2D eigenvalue weighted by Crippen LogP contribution is 2.23. The Hall–Kier alpha value is -1.13. The van der Waals surface area contributed by atoms with E-state index in [1.807, 2.05) is 12.1 Å². The summed E-state index contributed by atoms with van der Waals surface area (Å²) in [5.41, 5.74) is 7.90. The van der Waals surface area contributed by atoms with Crippen molar-refractivity contribution in [3.63, 3.8) is 0 Å². The Kier molecular flexibility index (Phi) is 5.32. The van der Waals surface area contributed by atoms with Crippen LogP contribution in [0.15, 0.2) is 18.2 Å². The van der Waals surface area contributed by atoms with Crippen LogP contribution in [0.2, 0.25) is 0 Å². The molecule has 19 heavy (non-hydrogen) atoms. The second kappa shape index (κ2) is 6.35. The van der Waals surface area contributed by atoms with Crippen molar-refractivity contribution >= 4 is 17.2 Å². The molecule has 0 heterocycles. The molecule has 0 aliphatic rings. The molecule has 0 radical (unpaired) electrons. The van der Waals surface area contributed by atoms with Crippen LogP contribution in [0.3, 0.4) is 0 Å². The molecule has 2 N–H and O–H groups in total. The van der Waals surface area contributed by atoms with Gasteiger partial charge in [-0.15, -0.1) is 0 Å². The van der Waals surface area contributed by atoms with Crippen molar-refractivity contribution < 1.29 is 4.74 Å². The first-order chi connectivity index (χ1) is 8.81. The van der Waals surface area contributed by atoms with Gasteiger partial charge in [0.15, 0.2) is 0 Å². The van der Waals surface area contributed by atoms with Crippen LogP contribution in [-0.4, -0.2) is 29.6 Å². The molecule has 0 spiro atoms. The molecule has 0 aliphatic carbocycles. The third-order valence-electron chi connectivity index (χ3n) is 3.85. The van der Waals surface area contributed by atoms with Gasteiger partial charge in [0.2, 0.25) is 0 Å². The van der Waals surface area contributed by atoms with E-state index in [0.29, 0.717) is 4.99 Å². The average Bonchev–Trinajstić information content (AvgIpc) is 2.38. The van der Waals surface area contributed by atoms with Crippen LogP contribution in [0.5, 0.6) is 5.75 Å². The Morgan fingerprint density at radius 1 is 1.42 bits per heavy atom. The molecule has 0 amide bonds. The Labute approximate surface area is 121 Å². The van der Waals surface area contributed by atoms with Crippen molar-refractivity contribution in [1.29, 1.82) is 0 Å². The van der Waals surface area contributed by atoms with Crippen molar-refractivity contribution in [2.75, 3.05) is 14.2 Å². The van der Waals surface area contributed by atoms with Crippen LogP contribution in [-0.2, 0) is 6.54 Å². The maximum Gasteiger partial charge on any atom is 0.129 e. The quantitative estimate of drug-likeness (QED) is 0.813. The van der Waals surface area contributed by atoms with E-state index in [0.717, 1.165) is 24.3 Å². The fourth-order valence-electron chi connectivity index (χ4n) is 1.80. The number of nitrogens with zero attached hydrogens (tertiary/aromatic N) is 1. The molecule has 106 valence electrons. The van der Waals surface area contributed by atoms with Gasteiger partial charge in [0.1, 0.15) is 10.7 Å². The van der Waals surface area contributed by atoms with Gasteiger partial charge < -0.3 is 10.5 Å². The molecule has 1 aromatic carbocycles. The second-order valence-corrected chi connectivity index (χ2v) is 5.86. The topological polar surface area (TPSA) is 38.5 Å². The van der Waals surface area contributed by atoms with Gasteiger partial charge in [0.05, 0.1) is 12.7 Å². The number of hydrogen-bond donors (Lipinski definition) is 1. The molecule has 0 fully saturated rings. The highest BCUT2D eigenvalue weighted by molar-refractivity contribution is 7.80. The monoisotopic (exact) mass is 280 g/mol. The van der Waals surface area contributed by atoms with E-state index >= 15 is 0 Å². The first-order valence-corrected chi connectivity index (χ1v) is 6.90. The van der Waals surface area contributed by atoms with E-state index in [2.05, 4.69) is 38.8 Å². The van der Waals surface area contributed by atoms with Gasteiger partial charge in [0, 0.05) is 12.1 Å². The smallest absolute Gasteiger partial charge is 0.129 e. The summed E-state index contributed by atoms with van der Waals surface area (Å²) in [7, 11) is 3.76. The molecular formula is C15H24N2OS. The van der Waals surface area contributed by atoms with E-state index in [-0.39, 0.29) is 5.54 Å². The average molecular weight is 280 g/mol. The minimum absolute atomic E-state index is 0.170. The van der Waals surface area contributed by atoms with Crippen LogP contribution < -0.4 is 10.5 Å². The van der Waals surface area contributed by atoms with Crippen LogP contribution in [0.4, 0.5) is 0 Å². The molecule has 4 heteroatoms. The van der Waals surface area contributed by atoms with Crippen molar-refractivity contribution in [1.82, 2.24) is 4.90 Å². The van der Waals surface area contributed by atoms with E-state index in [9.17, 15) is 0 Å². The summed E-state index contributed by atoms with van der Waals surface area (Å²) in [4.78, 5) is 2.70. The number of benzene rings is 1.